The van der Waals surface area contributed by atoms with Gasteiger partial charge < -0.3 is 24.3 Å². The summed E-state index contributed by atoms with van der Waals surface area (Å²) in [4.78, 5) is 18.0. The lowest BCUT2D eigenvalue weighted by Crippen LogP contribution is -2.30. The first kappa shape index (κ1) is 17.6. The van der Waals surface area contributed by atoms with E-state index >= 15 is 0 Å². The van der Waals surface area contributed by atoms with Crippen molar-refractivity contribution in [2.75, 3.05) is 20.2 Å². The first-order valence-electron chi connectivity index (χ1n) is 9.02. The van der Waals surface area contributed by atoms with Gasteiger partial charge in [-0.25, -0.2) is 0 Å². The van der Waals surface area contributed by atoms with Crippen LogP contribution in [0.1, 0.15) is 27.5 Å². The molecule has 7 heteroatoms. The number of H-pyrrole nitrogens is 1. The number of methoxy groups -OCH3 is 1. The van der Waals surface area contributed by atoms with E-state index in [0.29, 0.717) is 25.2 Å². The number of amides is 1. The number of β-amino-alcohol motifs (C(OH)–C–C–N with tert-alkyl or cyclic N) is 1. The summed E-state index contributed by atoms with van der Waals surface area (Å²) >= 11 is 0. The zero-order valence-corrected chi connectivity index (χ0v) is 15.7. The molecule has 1 aliphatic heterocycles. The van der Waals surface area contributed by atoms with Crippen molar-refractivity contribution in [3.63, 3.8) is 0 Å². The van der Waals surface area contributed by atoms with E-state index in [-0.39, 0.29) is 11.8 Å². The van der Waals surface area contributed by atoms with Crippen molar-refractivity contribution >= 4 is 16.8 Å². The molecular formula is C20H23N3O4. The van der Waals surface area contributed by atoms with Crippen LogP contribution in [0.4, 0.5) is 0 Å². The van der Waals surface area contributed by atoms with Crippen LogP contribution in [0.15, 0.2) is 28.8 Å². The average Bonchev–Trinajstić information content (AvgIpc) is 3.33. The minimum Gasteiger partial charge on any atom is -0.497 e. The summed E-state index contributed by atoms with van der Waals surface area (Å²) in [5.41, 5.74) is 3.15. The number of aromatic amines is 1. The Balaban J connectivity index is 1.54. The molecule has 2 unspecified atom stereocenters. The maximum atomic E-state index is 13.1. The van der Waals surface area contributed by atoms with Crippen LogP contribution < -0.4 is 4.74 Å². The lowest BCUT2D eigenvalue weighted by atomic mass is 10.0. The molecule has 1 aliphatic rings. The Kier molecular flexibility index (Phi) is 4.39. The van der Waals surface area contributed by atoms with Gasteiger partial charge in [-0.05, 0) is 37.6 Å². The number of aryl methyl sites for hydroxylation is 2. The molecule has 0 aliphatic carbocycles. The van der Waals surface area contributed by atoms with Crippen LogP contribution in [-0.4, -0.2) is 52.4 Å². The summed E-state index contributed by atoms with van der Waals surface area (Å²) in [6.45, 7) is 4.58. The molecule has 0 bridgehead atoms. The van der Waals surface area contributed by atoms with Crippen molar-refractivity contribution in [2.24, 2.45) is 5.92 Å². The van der Waals surface area contributed by atoms with Crippen LogP contribution >= 0.6 is 0 Å². The van der Waals surface area contributed by atoms with Gasteiger partial charge in [0.05, 0.1) is 18.9 Å². The van der Waals surface area contributed by atoms with E-state index in [1.165, 1.54) is 0 Å². The Morgan fingerprint density at radius 1 is 1.37 bits per heavy atom. The van der Waals surface area contributed by atoms with Crippen LogP contribution in [0.3, 0.4) is 0 Å². The Morgan fingerprint density at radius 3 is 2.89 bits per heavy atom. The van der Waals surface area contributed by atoms with Crippen molar-refractivity contribution in [3.8, 4) is 5.75 Å². The molecule has 2 aromatic heterocycles. The van der Waals surface area contributed by atoms with Gasteiger partial charge in [0.15, 0.2) is 0 Å². The molecule has 142 valence electrons. The van der Waals surface area contributed by atoms with E-state index in [0.717, 1.165) is 33.7 Å². The number of hydrogen-bond acceptors (Lipinski definition) is 5. The number of aliphatic hydroxyl groups is 1. The van der Waals surface area contributed by atoms with Crippen molar-refractivity contribution in [2.45, 2.75) is 26.4 Å². The van der Waals surface area contributed by atoms with Crippen LogP contribution in [0.25, 0.3) is 10.9 Å². The molecule has 7 nitrogen and oxygen atoms in total. The summed E-state index contributed by atoms with van der Waals surface area (Å²) in [7, 11) is 1.62. The number of rotatable bonds is 4. The largest absolute Gasteiger partial charge is 0.497 e. The van der Waals surface area contributed by atoms with E-state index in [1.807, 2.05) is 38.1 Å². The highest BCUT2D eigenvalue weighted by Gasteiger charge is 2.36. The number of likely N-dealkylation sites (tertiary alicyclic amines) is 1. The minimum absolute atomic E-state index is 0.0638. The number of aliphatic hydroxyl groups excluding tert-OH is 1. The van der Waals surface area contributed by atoms with E-state index < -0.39 is 6.10 Å². The van der Waals surface area contributed by atoms with Gasteiger partial charge in [0.2, 0.25) is 0 Å². The van der Waals surface area contributed by atoms with Gasteiger partial charge in [-0.3, -0.25) is 4.79 Å². The van der Waals surface area contributed by atoms with Crippen LogP contribution in [0.5, 0.6) is 5.75 Å². The number of fused-ring (bicyclic) bond motifs is 1. The van der Waals surface area contributed by atoms with Gasteiger partial charge in [-0.1, -0.05) is 5.16 Å². The quantitative estimate of drug-likeness (QED) is 0.737. The predicted octanol–water partition coefficient (Wildman–Crippen LogP) is 2.46. The fourth-order valence-electron chi connectivity index (χ4n) is 3.80. The number of carbonyl (C=O) groups is 1. The zero-order valence-electron chi connectivity index (χ0n) is 15.7. The summed E-state index contributed by atoms with van der Waals surface area (Å²) in [5.74, 6) is 1.33. The summed E-state index contributed by atoms with van der Waals surface area (Å²) in [5, 5.41) is 15.3. The first-order chi connectivity index (χ1) is 13.0. The third kappa shape index (κ3) is 3.19. The fraction of sp³-hybridized carbons (Fsp3) is 0.400. The van der Waals surface area contributed by atoms with Crippen molar-refractivity contribution in [3.05, 3.63) is 47.0 Å². The van der Waals surface area contributed by atoms with Gasteiger partial charge in [0.25, 0.3) is 5.91 Å². The molecule has 1 aromatic carbocycles. The molecule has 0 saturated carbocycles. The zero-order chi connectivity index (χ0) is 19.1. The number of benzene rings is 1. The highest BCUT2D eigenvalue weighted by atomic mass is 16.5. The maximum absolute atomic E-state index is 13.1. The molecule has 3 aromatic rings. The van der Waals surface area contributed by atoms with Crippen molar-refractivity contribution in [1.29, 1.82) is 0 Å². The van der Waals surface area contributed by atoms with Crippen molar-refractivity contribution in [1.82, 2.24) is 15.0 Å². The molecule has 1 amide bonds. The van der Waals surface area contributed by atoms with Crippen molar-refractivity contribution < 1.29 is 19.2 Å². The van der Waals surface area contributed by atoms with Gasteiger partial charge in [-0.2, -0.15) is 0 Å². The molecule has 1 fully saturated rings. The third-order valence-electron chi connectivity index (χ3n) is 5.31. The number of ether oxygens (including phenoxy) is 1. The topological polar surface area (TPSA) is 91.6 Å². The second-order valence-corrected chi connectivity index (χ2v) is 7.21. The van der Waals surface area contributed by atoms with E-state index in [2.05, 4.69) is 10.1 Å². The van der Waals surface area contributed by atoms with Crippen LogP contribution in [0.2, 0.25) is 0 Å². The lowest BCUT2D eigenvalue weighted by Gasteiger charge is -2.15. The third-order valence-corrected chi connectivity index (χ3v) is 5.31. The van der Waals surface area contributed by atoms with Crippen LogP contribution in [-0.2, 0) is 6.42 Å². The molecule has 2 atom stereocenters. The number of nitrogens with one attached hydrogen (secondary N) is 1. The smallest absolute Gasteiger partial charge is 0.270 e. The number of carbonyl (C=O) groups excluding carboxylic acids is 1. The summed E-state index contributed by atoms with van der Waals surface area (Å²) in [6, 6.07) is 7.56. The maximum Gasteiger partial charge on any atom is 0.270 e. The highest BCUT2D eigenvalue weighted by Crippen LogP contribution is 2.29. The molecule has 4 rings (SSSR count). The average molecular weight is 369 g/mol. The predicted molar refractivity (Wildman–Crippen MR) is 99.9 cm³/mol. The Labute approximate surface area is 156 Å². The van der Waals surface area contributed by atoms with Gasteiger partial charge >= 0.3 is 0 Å². The first-order valence-corrected chi connectivity index (χ1v) is 9.02. The second kappa shape index (κ2) is 6.74. The molecule has 27 heavy (non-hydrogen) atoms. The number of hydrogen-bond donors (Lipinski definition) is 2. The normalized spacial score (nSPS) is 19.8. The Hall–Kier alpha value is -2.80. The molecule has 0 spiro atoms. The fourth-order valence-corrected chi connectivity index (χ4v) is 3.80. The monoisotopic (exact) mass is 369 g/mol. The van der Waals surface area contributed by atoms with Gasteiger partial charge in [-0.15, -0.1) is 0 Å². The minimum atomic E-state index is -0.580. The van der Waals surface area contributed by atoms with E-state index in [4.69, 9.17) is 9.26 Å². The molecular weight excluding hydrogens is 346 g/mol. The van der Waals surface area contributed by atoms with E-state index in [1.54, 1.807) is 12.0 Å². The highest BCUT2D eigenvalue weighted by molar-refractivity contribution is 6.01. The summed E-state index contributed by atoms with van der Waals surface area (Å²) < 4.78 is 10.5. The Morgan fingerprint density at radius 2 is 2.19 bits per heavy atom. The second-order valence-electron chi connectivity index (χ2n) is 7.21. The lowest BCUT2D eigenvalue weighted by molar-refractivity contribution is 0.0759. The molecule has 1 saturated heterocycles. The standard InChI is InChI=1S/C20H23N3O4/c1-11-6-15(27-22-11)7-13-9-23(10-18(13)24)20(25)19-12(2)16-8-14(26-3)4-5-17(16)21-19/h4-6,8,13,18,21,24H,7,9-10H2,1-3H3. The summed E-state index contributed by atoms with van der Waals surface area (Å²) in [6.07, 6.45) is -0.0153. The van der Waals surface area contributed by atoms with Gasteiger partial charge in [0.1, 0.15) is 17.2 Å². The van der Waals surface area contributed by atoms with Crippen LogP contribution in [0, 0.1) is 19.8 Å². The molecule has 3 heterocycles. The molecule has 2 N–H and O–H groups in total. The number of nitrogens with zero attached hydrogens (tertiary/aromatic N) is 2. The van der Waals surface area contributed by atoms with Gasteiger partial charge in [0, 0.05) is 42.4 Å². The van der Waals surface area contributed by atoms with E-state index in [9.17, 15) is 9.90 Å². The Bertz CT molecular complexity index is 990. The number of aromatic nitrogens is 2. The molecule has 0 radical (unpaired) electrons. The SMILES string of the molecule is COc1ccc2[nH]c(C(=O)N3CC(O)C(Cc4cc(C)no4)C3)c(C)c2c1.